The number of piperidine rings is 1. The molecule has 1 aliphatic heterocycles. The number of aryl methyl sites for hydroxylation is 1. The first-order chi connectivity index (χ1) is 14.0. The van der Waals surface area contributed by atoms with Crippen molar-refractivity contribution in [1.82, 2.24) is 15.5 Å². The second kappa shape index (κ2) is 9.54. The number of rotatable bonds is 5. The van der Waals surface area contributed by atoms with E-state index in [-0.39, 0.29) is 29.7 Å². The lowest BCUT2D eigenvalue weighted by Gasteiger charge is -2.39. The van der Waals surface area contributed by atoms with Gasteiger partial charge in [-0.2, -0.15) is 0 Å². The SMILES string of the molecule is CCNC(=O)N1C[C@@H](C(=O)NCc2ccccc2)CC[C@@H]1c1ccc(F)c(C)c1. The van der Waals surface area contributed by atoms with E-state index in [1.54, 1.807) is 24.0 Å². The van der Waals surface area contributed by atoms with Crippen molar-refractivity contribution in [3.63, 3.8) is 0 Å². The number of hydrogen-bond donors (Lipinski definition) is 2. The average Bonchev–Trinajstić information content (AvgIpc) is 2.74. The Labute approximate surface area is 171 Å². The van der Waals surface area contributed by atoms with E-state index in [0.717, 1.165) is 11.1 Å². The number of urea groups is 1. The molecule has 0 bridgehead atoms. The van der Waals surface area contributed by atoms with Gasteiger partial charge in [0.25, 0.3) is 0 Å². The lowest BCUT2D eigenvalue weighted by Crippen LogP contribution is -2.50. The molecule has 1 heterocycles. The van der Waals surface area contributed by atoms with Crippen molar-refractivity contribution in [2.24, 2.45) is 5.92 Å². The van der Waals surface area contributed by atoms with Crippen molar-refractivity contribution < 1.29 is 14.0 Å². The number of halogens is 1. The molecule has 29 heavy (non-hydrogen) atoms. The highest BCUT2D eigenvalue weighted by atomic mass is 19.1. The highest BCUT2D eigenvalue weighted by Crippen LogP contribution is 2.34. The molecule has 0 saturated carbocycles. The molecule has 154 valence electrons. The third-order valence-corrected chi connectivity index (χ3v) is 5.42. The Morgan fingerprint density at radius 2 is 1.86 bits per heavy atom. The lowest BCUT2D eigenvalue weighted by molar-refractivity contribution is -0.126. The fraction of sp³-hybridized carbons (Fsp3) is 0.391. The van der Waals surface area contributed by atoms with E-state index in [4.69, 9.17) is 0 Å². The molecule has 2 aromatic carbocycles. The molecule has 3 rings (SSSR count). The van der Waals surface area contributed by atoms with Crippen molar-refractivity contribution in [2.45, 2.75) is 39.3 Å². The van der Waals surface area contributed by atoms with Crippen molar-refractivity contribution in [3.05, 3.63) is 71.0 Å². The van der Waals surface area contributed by atoms with Crippen LogP contribution in [0, 0.1) is 18.7 Å². The minimum Gasteiger partial charge on any atom is -0.352 e. The Kier molecular flexibility index (Phi) is 6.86. The molecule has 1 aliphatic rings. The molecule has 0 unspecified atom stereocenters. The van der Waals surface area contributed by atoms with Crippen molar-refractivity contribution >= 4 is 11.9 Å². The van der Waals surface area contributed by atoms with Crippen molar-refractivity contribution in [2.75, 3.05) is 13.1 Å². The lowest BCUT2D eigenvalue weighted by atomic mass is 9.88. The summed E-state index contributed by atoms with van der Waals surface area (Å²) < 4.78 is 13.7. The fourth-order valence-corrected chi connectivity index (χ4v) is 3.81. The Morgan fingerprint density at radius 3 is 2.55 bits per heavy atom. The number of amides is 3. The van der Waals surface area contributed by atoms with Crippen LogP contribution in [-0.2, 0) is 11.3 Å². The molecule has 1 saturated heterocycles. The topological polar surface area (TPSA) is 61.4 Å². The minimum absolute atomic E-state index is 0.0445. The molecule has 0 radical (unpaired) electrons. The number of carbonyl (C=O) groups excluding carboxylic acids is 2. The van der Waals surface area contributed by atoms with E-state index in [2.05, 4.69) is 10.6 Å². The quantitative estimate of drug-likeness (QED) is 0.803. The third kappa shape index (κ3) is 5.13. The Balaban J connectivity index is 1.71. The molecule has 2 aromatic rings. The van der Waals surface area contributed by atoms with Crippen LogP contribution in [-0.4, -0.2) is 29.9 Å². The third-order valence-electron chi connectivity index (χ3n) is 5.42. The summed E-state index contributed by atoms with van der Waals surface area (Å²) in [7, 11) is 0. The van der Waals surface area contributed by atoms with Crippen LogP contribution < -0.4 is 10.6 Å². The Morgan fingerprint density at radius 1 is 1.10 bits per heavy atom. The van der Waals surface area contributed by atoms with Crippen LogP contribution >= 0.6 is 0 Å². The molecule has 0 aliphatic carbocycles. The second-order valence-electron chi connectivity index (χ2n) is 7.49. The van der Waals surface area contributed by atoms with Crippen LogP contribution in [0.25, 0.3) is 0 Å². The molecule has 0 spiro atoms. The summed E-state index contributed by atoms with van der Waals surface area (Å²) in [4.78, 5) is 27.1. The van der Waals surface area contributed by atoms with Crippen LogP contribution in [0.4, 0.5) is 9.18 Å². The van der Waals surface area contributed by atoms with Gasteiger partial charge >= 0.3 is 6.03 Å². The van der Waals surface area contributed by atoms with Crippen LogP contribution in [0.2, 0.25) is 0 Å². The standard InChI is InChI=1S/C23H28FN3O2/c1-3-25-23(29)27-15-19(22(28)26-14-17-7-5-4-6-8-17)10-12-21(27)18-9-11-20(24)16(2)13-18/h4-9,11,13,19,21H,3,10,12,14-15H2,1-2H3,(H,25,29)(H,26,28)/t19-,21+/m0/s1. The predicted octanol–water partition coefficient (Wildman–Crippen LogP) is 3.93. The first-order valence-corrected chi connectivity index (χ1v) is 10.1. The van der Waals surface area contributed by atoms with Crippen LogP contribution in [0.5, 0.6) is 0 Å². The first-order valence-electron chi connectivity index (χ1n) is 10.1. The fourth-order valence-electron chi connectivity index (χ4n) is 3.81. The predicted molar refractivity (Wildman–Crippen MR) is 111 cm³/mol. The monoisotopic (exact) mass is 397 g/mol. The minimum atomic E-state index is -0.265. The normalized spacial score (nSPS) is 18.9. The van der Waals surface area contributed by atoms with Gasteiger partial charge < -0.3 is 15.5 Å². The first kappa shape index (κ1) is 20.8. The van der Waals surface area contributed by atoms with E-state index in [9.17, 15) is 14.0 Å². The van der Waals surface area contributed by atoms with Gasteiger partial charge in [0.15, 0.2) is 0 Å². The molecule has 6 heteroatoms. The largest absolute Gasteiger partial charge is 0.352 e. The molecule has 5 nitrogen and oxygen atoms in total. The van der Waals surface area contributed by atoms with Crippen molar-refractivity contribution in [3.8, 4) is 0 Å². The number of carbonyl (C=O) groups is 2. The average molecular weight is 397 g/mol. The smallest absolute Gasteiger partial charge is 0.317 e. The zero-order valence-corrected chi connectivity index (χ0v) is 17.0. The Hall–Kier alpha value is -2.89. The maximum absolute atomic E-state index is 13.7. The highest BCUT2D eigenvalue weighted by Gasteiger charge is 2.35. The maximum Gasteiger partial charge on any atom is 0.317 e. The summed E-state index contributed by atoms with van der Waals surface area (Å²) in [6.45, 7) is 4.90. The highest BCUT2D eigenvalue weighted by molar-refractivity contribution is 5.81. The van der Waals surface area contributed by atoms with E-state index in [1.165, 1.54) is 6.07 Å². The molecule has 2 N–H and O–H groups in total. The van der Waals surface area contributed by atoms with Gasteiger partial charge in [-0.3, -0.25) is 4.79 Å². The molecule has 3 amide bonds. The summed E-state index contributed by atoms with van der Waals surface area (Å²) in [5.41, 5.74) is 2.50. The summed E-state index contributed by atoms with van der Waals surface area (Å²) in [5.74, 6) is -0.566. The van der Waals surface area contributed by atoms with Crippen LogP contribution in [0.3, 0.4) is 0 Å². The molecule has 2 atom stereocenters. The van der Waals surface area contributed by atoms with Crippen LogP contribution in [0.1, 0.15) is 42.5 Å². The van der Waals surface area contributed by atoms with E-state index in [0.29, 0.717) is 38.0 Å². The van der Waals surface area contributed by atoms with Gasteiger partial charge in [-0.15, -0.1) is 0 Å². The number of hydrogen-bond acceptors (Lipinski definition) is 2. The molecule has 1 fully saturated rings. The summed E-state index contributed by atoms with van der Waals surface area (Å²) in [6.07, 6.45) is 1.34. The van der Waals surface area contributed by atoms with Gasteiger partial charge in [-0.1, -0.05) is 42.5 Å². The Bertz CT molecular complexity index is 856. The number of likely N-dealkylation sites (tertiary alicyclic amines) is 1. The molecular weight excluding hydrogens is 369 g/mol. The van der Waals surface area contributed by atoms with E-state index >= 15 is 0 Å². The van der Waals surface area contributed by atoms with Crippen molar-refractivity contribution in [1.29, 1.82) is 0 Å². The number of benzene rings is 2. The van der Waals surface area contributed by atoms with Gasteiger partial charge in [-0.05, 0) is 49.4 Å². The zero-order chi connectivity index (χ0) is 20.8. The second-order valence-corrected chi connectivity index (χ2v) is 7.49. The maximum atomic E-state index is 13.7. The zero-order valence-electron chi connectivity index (χ0n) is 17.0. The summed E-state index contributed by atoms with van der Waals surface area (Å²) in [5, 5.41) is 5.82. The molecule has 0 aromatic heterocycles. The van der Waals surface area contributed by atoms with Gasteiger partial charge in [0.2, 0.25) is 5.91 Å². The number of nitrogens with one attached hydrogen (secondary N) is 2. The molecular formula is C23H28FN3O2. The summed E-state index contributed by atoms with van der Waals surface area (Å²) >= 11 is 0. The van der Waals surface area contributed by atoms with Gasteiger partial charge in [0.1, 0.15) is 5.82 Å². The van der Waals surface area contributed by atoms with E-state index < -0.39 is 0 Å². The van der Waals surface area contributed by atoms with Gasteiger partial charge in [0, 0.05) is 19.6 Å². The van der Waals surface area contributed by atoms with Gasteiger partial charge in [0.05, 0.1) is 12.0 Å². The van der Waals surface area contributed by atoms with Gasteiger partial charge in [-0.25, -0.2) is 9.18 Å². The van der Waals surface area contributed by atoms with Crippen LogP contribution in [0.15, 0.2) is 48.5 Å². The van der Waals surface area contributed by atoms with E-state index in [1.807, 2.05) is 37.3 Å². The summed E-state index contributed by atoms with van der Waals surface area (Å²) in [6, 6.07) is 14.4. The number of nitrogens with zero attached hydrogens (tertiary/aromatic N) is 1.